The molecule has 0 fully saturated rings. The second-order valence-corrected chi connectivity index (χ2v) is 20.0. The Balaban J connectivity index is 4.18. The Morgan fingerprint density at radius 2 is 0.483 bits per heavy atom. The van der Waals surface area contributed by atoms with Gasteiger partial charge in [0.05, 0.1) is 19.4 Å². The third-order valence-corrected chi connectivity index (χ3v) is 13.8. The molecule has 3 nitrogen and oxygen atoms in total. The zero-order chi connectivity index (χ0) is 42.0. The van der Waals surface area contributed by atoms with Crippen molar-refractivity contribution in [1.29, 1.82) is 0 Å². The molecule has 4 heteroatoms. The molecule has 0 aromatic heterocycles. The summed E-state index contributed by atoms with van der Waals surface area (Å²) >= 11 is 0. The molecule has 0 aromatic rings. The third-order valence-electron chi connectivity index (χ3n) is 11.8. The summed E-state index contributed by atoms with van der Waals surface area (Å²) in [6.07, 6.45) is 69.3. The molecule has 0 atom stereocenters. The van der Waals surface area contributed by atoms with Crippen molar-refractivity contribution in [2.75, 3.05) is 19.4 Å². The monoisotopic (exact) mass is 833 g/mol. The highest BCUT2D eigenvalue weighted by Crippen LogP contribution is 2.49. The van der Waals surface area contributed by atoms with Crippen LogP contribution in [0.2, 0.25) is 0 Å². The first-order valence-electron chi connectivity index (χ1n) is 26.5. The molecule has 0 saturated heterocycles. The van der Waals surface area contributed by atoms with E-state index in [1.807, 2.05) is 0 Å². The van der Waals surface area contributed by atoms with Crippen LogP contribution in [-0.2, 0) is 13.6 Å². The summed E-state index contributed by atoms with van der Waals surface area (Å²) in [6, 6.07) is 0. The molecule has 0 bridgehead atoms. The van der Waals surface area contributed by atoms with E-state index < -0.39 is 7.60 Å². The van der Waals surface area contributed by atoms with E-state index in [0.717, 1.165) is 38.5 Å². The Hall–Kier alpha value is -0.630. The molecule has 0 aliphatic heterocycles. The Labute approximate surface area is 366 Å². The van der Waals surface area contributed by atoms with Crippen molar-refractivity contribution in [3.05, 3.63) is 36.5 Å². The zero-order valence-electron chi connectivity index (χ0n) is 40.0. The van der Waals surface area contributed by atoms with Crippen molar-refractivity contribution in [2.45, 2.75) is 290 Å². The van der Waals surface area contributed by atoms with Crippen molar-refractivity contribution in [2.24, 2.45) is 0 Å². The Morgan fingerprint density at radius 3 is 0.741 bits per heavy atom. The molecular formula is C54H105O3P. The van der Waals surface area contributed by atoms with Crippen LogP contribution in [0.1, 0.15) is 290 Å². The van der Waals surface area contributed by atoms with E-state index in [-0.39, 0.29) is 0 Å². The van der Waals surface area contributed by atoms with Gasteiger partial charge < -0.3 is 9.05 Å². The molecule has 0 radical (unpaired) electrons. The third kappa shape index (κ3) is 48.0. The molecule has 0 saturated carbocycles. The minimum atomic E-state index is -3.01. The molecule has 0 heterocycles. The van der Waals surface area contributed by atoms with Crippen LogP contribution < -0.4 is 0 Å². The van der Waals surface area contributed by atoms with Crippen molar-refractivity contribution >= 4 is 7.60 Å². The molecule has 0 unspecified atom stereocenters. The maximum Gasteiger partial charge on any atom is 0.330 e. The molecule has 0 rings (SSSR count). The molecular weight excluding hydrogens is 728 g/mol. The normalized spacial score (nSPS) is 12.4. The van der Waals surface area contributed by atoms with Gasteiger partial charge in [0.1, 0.15) is 0 Å². The molecule has 58 heavy (non-hydrogen) atoms. The molecule has 0 aliphatic rings. The van der Waals surface area contributed by atoms with Crippen LogP contribution in [0.4, 0.5) is 0 Å². The Bertz CT molecular complexity index is 847. The second-order valence-electron chi connectivity index (χ2n) is 17.8. The van der Waals surface area contributed by atoms with Crippen LogP contribution in [0, 0.1) is 0 Å². The van der Waals surface area contributed by atoms with Crippen LogP contribution in [0.25, 0.3) is 0 Å². The molecule has 344 valence electrons. The van der Waals surface area contributed by atoms with E-state index >= 15 is 0 Å². The highest BCUT2D eigenvalue weighted by molar-refractivity contribution is 7.53. The quantitative estimate of drug-likeness (QED) is 0.0348. The van der Waals surface area contributed by atoms with Gasteiger partial charge in [0, 0.05) is 0 Å². The Kier molecular flexibility index (Phi) is 50.2. The summed E-state index contributed by atoms with van der Waals surface area (Å²) in [5.74, 6) is 0. The average molecular weight is 833 g/mol. The molecule has 0 amide bonds. The van der Waals surface area contributed by atoms with Gasteiger partial charge in [-0.3, -0.25) is 4.57 Å². The lowest BCUT2D eigenvalue weighted by Gasteiger charge is -2.19. The largest absolute Gasteiger partial charge is 0.330 e. The van der Waals surface area contributed by atoms with Gasteiger partial charge in [0.2, 0.25) is 0 Å². The summed E-state index contributed by atoms with van der Waals surface area (Å²) < 4.78 is 26.0. The summed E-state index contributed by atoms with van der Waals surface area (Å²) in [5.41, 5.74) is 0. The fraction of sp³-hybridized carbons (Fsp3) is 0.889. The van der Waals surface area contributed by atoms with Gasteiger partial charge in [-0.2, -0.15) is 0 Å². The van der Waals surface area contributed by atoms with E-state index in [2.05, 4.69) is 57.2 Å². The van der Waals surface area contributed by atoms with E-state index in [1.54, 1.807) is 0 Å². The maximum absolute atomic E-state index is 13.8. The predicted octanol–water partition coefficient (Wildman–Crippen LogP) is 20.3. The summed E-state index contributed by atoms with van der Waals surface area (Å²) in [5, 5.41) is 0. The van der Waals surface area contributed by atoms with Gasteiger partial charge in [0.15, 0.2) is 0 Å². The number of unbranched alkanes of at least 4 members (excludes halogenated alkanes) is 36. The van der Waals surface area contributed by atoms with Crippen LogP contribution in [0.3, 0.4) is 0 Å². The van der Waals surface area contributed by atoms with Gasteiger partial charge >= 0.3 is 7.60 Å². The van der Waals surface area contributed by atoms with Gasteiger partial charge in [0.25, 0.3) is 0 Å². The molecule has 0 aliphatic carbocycles. The highest BCUT2D eigenvalue weighted by Gasteiger charge is 2.23. The minimum Gasteiger partial charge on any atom is -0.309 e. The maximum atomic E-state index is 13.8. The lowest BCUT2D eigenvalue weighted by molar-refractivity contribution is 0.197. The number of allylic oxidation sites excluding steroid dienone is 6. The second kappa shape index (κ2) is 50.7. The van der Waals surface area contributed by atoms with Crippen molar-refractivity contribution in [1.82, 2.24) is 0 Å². The fourth-order valence-electron chi connectivity index (χ4n) is 7.83. The van der Waals surface area contributed by atoms with Crippen molar-refractivity contribution in [3.8, 4) is 0 Å². The van der Waals surface area contributed by atoms with Crippen molar-refractivity contribution in [3.63, 3.8) is 0 Å². The summed E-state index contributed by atoms with van der Waals surface area (Å²) in [4.78, 5) is 0. The fourth-order valence-corrected chi connectivity index (χ4v) is 9.58. The SMILES string of the molecule is CCCCCCCC/C=C\CCCCCCCCOP(=O)(CCCCCCCC/C=C\CCCCCCCC)OCCCCCCCC/C=C\CCCCCCCC. The van der Waals surface area contributed by atoms with Gasteiger partial charge in [-0.1, -0.05) is 231 Å². The number of hydrogen-bond acceptors (Lipinski definition) is 3. The van der Waals surface area contributed by atoms with Crippen LogP contribution in [0.15, 0.2) is 36.5 Å². The Morgan fingerprint density at radius 1 is 0.276 bits per heavy atom. The lowest BCUT2D eigenvalue weighted by atomic mass is 10.1. The summed E-state index contributed by atoms with van der Waals surface area (Å²) in [6.45, 7) is 8.03. The molecule has 0 spiro atoms. The predicted molar refractivity (Wildman–Crippen MR) is 263 cm³/mol. The van der Waals surface area contributed by atoms with Gasteiger partial charge in [-0.15, -0.1) is 0 Å². The van der Waals surface area contributed by atoms with Gasteiger partial charge in [-0.25, -0.2) is 0 Å². The first-order chi connectivity index (χ1) is 28.7. The highest BCUT2D eigenvalue weighted by atomic mass is 31.2. The molecule has 0 N–H and O–H groups in total. The van der Waals surface area contributed by atoms with Gasteiger partial charge in [-0.05, 0) is 96.3 Å². The van der Waals surface area contributed by atoms with E-state index in [1.165, 1.54) is 231 Å². The van der Waals surface area contributed by atoms with Crippen molar-refractivity contribution < 1.29 is 13.6 Å². The van der Waals surface area contributed by atoms with Crippen LogP contribution in [-0.4, -0.2) is 19.4 Å². The van der Waals surface area contributed by atoms with E-state index in [4.69, 9.17) is 9.05 Å². The molecule has 0 aromatic carbocycles. The lowest BCUT2D eigenvalue weighted by Crippen LogP contribution is -2.04. The summed E-state index contributed by atoms with van der Waals surface area (Å²) in [7, 11) is -3.01. The van der Waals surface area contributed by atoms with Crippen LogP contribution in [0.5, 0.6) is 0 Å². The van der Waals surface area contributed by atoms with E-state index in [0.29, 0.717) is 19.4 Å². The van der Waals surface area contributed by atoms with E-state index in [9.17, 15) is 4.57 Å². The smallest absolute Gasteiger partial charge is 0.309 e. The zero-order valence-corrected chi connectivity index (χ0v) is 40.9. The average Bonchev–Trinajstić information content (AvgIpc) is 3.23. The van der Waals surface area contributed by atoms with Crippen LogP contribution >= 0.6 is 7.60 Å². The number of rotatable bonds is 50. The first kappa shape index (κ1) is 57.4. The first-order valence-corrected chi connectivity index (χ1v) is 28.2. The minimum absolute atomic E-state index is 0.582. The topological polar surface area (TPSA) is 35.5 Å². The number of hydrogen-bond donors (Lipinski definition) is 0. The standard InChI is InChI=1S/C54H105O3P/c1-4-7-10-13-16-19-22-25-28-31-34-37-40-43-46-49-52-56-58(55,54-51-48-45-42-39-36-33-30-27-24-21-18-15-12-9-6-3)57-53-50-47-44-41-38-35-32-29-26-23-20-17-14-11-8-5-2/h25-30H,4-24,31-54H2,1-3H3/b28-25-,29-26-,30-27-.